The summed E-state index contributed by atoms with van der Waals surface area (Å²) in [6.07, 6.45) is 10.6. The molecule has 1 aliphatic rings. The van der Waals surface area contributed by atoms with Gasteiger partial charge in [0.05, 0.1) is 6.04 Å². The van der Waals surface area contributed by atoms with Gasteiger partial charge in [-0.3, -0.25) is 9.88 Å². The van der Waals surface area contributed by atoms with Crippen molar-refractivity contribution in [3.63, 3.8) is 0 Å². The van der Waals surface area contributed by atoms with Gasteiger partial charge in [-0.1, -0.05) is 56.5 Å². The van der Waals surface area contributed by atoms with Crippen molar-refractivity contribution in [2.75, 3.05) is 13.1 Å². The summed E-state index contributed by atoms with van der Waals surface area (Å²) in [5, 5.41) is 0. The maximum atomic E-state index is 4.19. The molecule has 1 fully saturated rings. The van der Waals surface area contributed by atoms with Crippen molar-refractivity contribution in [3.05, 3.63) is 66.0 Å². The average molecular weight is 308 g/mol. The van der Waals surface area contributed by atoms with Gasteiger partial charge in [-0.25, -0.2) is 0 Å². The minimum Gasteiger partial charge on any atom is -0.292 e. The van der Waals surface area contributed by atoms with E-state index in [2.05, 4.69) is 59.3 Å². The summed E-state index contributed by atoms with van der Waals surface area (Å²) >= 11 is 0. The van der Waals surface area contributed by atoms with Crippen LogP contribution < -0.4 is 0 Å². The molecule has 1 aromatic carbocycles. The Bertz CT molecular complexity index is 519. The summed E-state index contributed by atoms with van der Waals surface area (Å²) in [4.78, 5) is 6.85. The van der Waals surface area contributed by atoms with Crippen LogP contribution in [0.2, 0.25) is 0 Å². The van der Waals surface area contributed by atoms with Gasteiger partial charge in [-0.2, -0.15) is 0 Å². The molecule has 0 radical (unpaired) electrons. The number of likely N-dealkylation sites (tertiary alicyclic amines) is 1. The SMILES string of the molecule is CCCCC1CCN(C(c2ccccc2)c2ccncc2)CC1. The molecule has 0 spiro atoms. The zero-order valence-corrected chi connectivity index (χ0v) is 14.2. The van der Waals surface area contributed by atoms with Gasteiger partial charge in [0.1, 0.15) is 0 Å². The molecule has 0 amide bonds. The highest BCUT2D eigenvalue weighted by molar-refractivity contribution is 5.30. The Labute approximate surface area is 140 Å². The van der Waals surface area contributed by atoms with Gasteiger partial charge >= 0.3 is 0 Å². The summed E-state index contributed by atoms with van der Waals surface area (Å²) in [6, 6.07) is 15.6. The Balaban J connectivity index is 1.75. The molecule has 1 atom stereocenters. The molecular formula is C21H28N2. The smallest absolute Gasteiger partial charge is 0.0602 e. The monoisotopic (exact) mass is 308 g/mol. The number of benzene rings is 1. The molecule has 1 aromatic heterocycles. The fraction of sp³-hybridized carbons (Fsp3) is 0.476. The van der Waals surface area contributed by atoms with Gasteiger partial charge in [0.15, 0.2) is 0 Å². The predicted octanol–water partition coefficient (Wildman–Crippen LogP) is 5.07. The van der Waals surface area contributed by atoms with E-state index in [4.69, 9.17) is 0 Å². The second kappa shape index (κ2) is 8.26. The molecule has 122 valence electrons. The van der Waals surface area contributed by atoms with Crippen molar-refractivity contribution in [1.29, 1.82) is 0 Å². The van der Waals surface area contributed by atoms with Crippen LogP contribution in [0.1, 0.15) is 56.2 Å². The summed E-state index contributed by atoms with van der Waals surface area (Å²) < 4.78 is 0. The third-order valence-electron chi connectivity index (χ3n) is 5.12. The number of pyridine rings is 1. The van der Waals surface area contributed by atoms with E-state index in [1.807, 2.05) is 12.4 Å². The minimum atomic E-state index is 0.367. The van der Waals surface area contributed by atoms with Gasteiger partial charge < -0.3 is 0 Å². The van der Waals surface area contributed by atoms with Gasteiger partial charge in [-0.15, -0.1) is 0 Å². The number of nitrogens with zero attached hydrogens (tertiary/aromatic N) is 2. The van der Waals surface area contributed by atoms with Crippen molar-refractivity contribution in [2.45, 2.75) is 45.1 Å². The maximum absolute atomic E-state index is 4.19. The molecule has 0 N–H and O–H groups in total. The van der Waals surface area contributed by atoms with Crippen LogP contribution in [-0.2, 0) is 0 Å². The first-order chi connectivity index (χ1) is 11.4. The molecule has 2 nitrogen and oxygen atoms in total. The fourth-order valence-corrected chi connectivity index (χ4v) is 3.79. The summed E-state index contributed by atoms with van der Waals surface area (Å²) in [7, 11) is 0. The summed E-state index contributed by atoms with van der Waals surface area (Å²) in [6.45, 7) is 4.70. The predicted molar refractivity (Wildman–Crippen MR) is 96.3 cm³/mol. The lowest BCUT2D eigenvalue weighted by atomic mass is 9.89. The third kappa shape index (κ3) is 4.20. The topological polar surface area (TPSA) is 16.1 Å². The van der Waals surface area contributed by atoms with E-state index in [0.29, 0.717) is 6.04 Å². The summed E-state index contributed by atoms with van der Waals surface area (Å²) in [5.74, 6) is 0.931. The van der Waals surface area contributed by atoms with Gasteiger partial charge in [0, 0.05) is 12.4 Å². The number of hydrogen-bond acceptors (Lipinski definition) is 2. The van der Waals surface area contributed by atoms with E-state index in [-0.39, 0.29) is 0 Å². The molecule has 0 bridgehead atoms. The number of hydrogen-bond donors (Lipinski definition) is 0. The number of unbranched alkanes of at least 4 members (excludes halogenated alkanes) is 1. The Hall–Kier alpha value is -1.67. The zero-order chi connectivity index (χ0) is 15.9. The van der Waals surface area contributed by atoms with Crippen molar-refractivity contribution < 1.29 is 0 Å². The average Bonchev–Trinajstić information content (AvgIpc) is 2.63. The normalized spacial score (nSPS) is 18.0. The quantitative estimate of drug-likeness (QED) is 0.740. The van der Waals surface area contributed by atoms with Crippen molar-refractivity contribution in [1.82, 2.24) is 9.88 Å². The first-order valence-electron chi connectivity index (χ1n) is 9.07. The Morgan fingerprint density at radius 3 is 2.30 bits per heavy atom. The lowest BCUT2D eigenvalue weighted by Gasteiger charge is -2.38. The van der Waals surface area contributed by atoms with E-state index >= 15 is 0 Å². The molecule has 2 heterocycles. The number of piperidine rings is 1. The molecule has 0 saturated carbocycles. The van der Waals surface area contributed by atoms with Crippen LogP contribution >= 0.6 is 0 Å². The van der Waals surface area contributed by atoms with Crippen LogP contribution in [0, 0.1) is 5.92 Å². The second-order valence-corrected chi connectivity index (χ2v) is 6.72. The molecular weight excluding hydrogens is 280 g/mol. The fourth-order valence-electron chi connectivity index (χ4n) is 3.79. The van der Waals surface area contributed by atoms with E-state index in [9.17, 15) is 0 Å². The lowest BCUT2D eigenvalue weighted by Crippen LogP contribution is -2.37. The maximum Gasteiger partial charge on any atom is 0.0602 e. The Morgan fingerprint density at radius 1 is 1.00 bits per heavy atom. The summed E-state index contributed by atoms with van der Waals surface area (Å²) in [5.41, 5.74) is 2.75. The Morgan fingerprint density at radius 2 is 1.65 bits per heavy atom. The molecule has 1 unspecified atom stereocenters. The van der Waals surface area contributed by atoms with Crippen LogP contribution in [0.3, 0.4) is 0 Å². The highest BCUT2D eigenvalue weighted by Gasteiger charge is 2.26. The number of rotatable bonds is 6. The van der Waals surface area contributed by atoms with Crippen LogP contribution in [0.25, 0.3) is 0 Å². The van der Waals surface area contributed by atoms with Crippen LogP contribution in [0.15, 0.2) is 54.9 Å². The largest absolute Gasteiger partial charge is 0.292 e. The zero-order valence-electron chi connectivity index (χ0n) is 14.2. The van der Waals surface area contributed by atoms with Crippen molar-refractivity contribution >= 4 is 0 Å². The van der Waals surface area contributed by atoms with Gasteiger partial charge in [0.25, 0.3) is 0 Å². The molecule has 3 rings (SSSR count). The van der Waals surface area contributed by atoms with Crippen LogP contribution in [-0.4, -0.2) is 23.0 Å². The molecule has 1 aliphatic heterocycles. The molecule has 1 saturated heterocycles. The standard InChI is InChI=1S/C21H28N2/c1-2-3-7-18-12-16-23(17-13-18)21(19-8-5-4-6-9-19)20-10-14-22-15-11-20/h4-6,8-11,14-15,18,21H,2-3,7,12-13,16-17H2,1H3. The van der Waals surface area contributed by atoms with E-state index < -0.39 is 0 Å². The molecule has 0 aliphatic carbocycles. The van der Waals surface area contributed by atoms with Crippen molar-refractivity contribution in [2.24, 2.45) is 5.92 Å². The van der Waals surface area contributed by atoms with Gasteiger partial charge in [0.2, 0.25) is 0 Å². The minimum absolute atomic E-state index is 0.367. The first kappa shape index (κ1) is 16.2. The van der Waals surface area contributed by atoms with Crippen molar-refractivity contribution in [3.8, 4) is 0 Å². The second-order valence-electron chi connectivity index (χ2n) is 6.72. The molecule has 2 heteroatoms. The van der Waals surface area contributed by atoms with Crippen LogP contribution in [0.4, 0.5) is 0 Å². The Kier molecular flexibility index (Phi) is 5.82. The van der Waals surface area contributed by atoms with Crippen LogP contribution in [0.5, 0.6) is 0 Å². The molecule has 23 heavy (non-hydrogen) atoms. The molecule has 2 aromatic rings. The number of aromatic nitrogens is 1. The highest BCUT2D eigenvalue weighted by Crippen LogP contribution is 2.33. The van der Waals surface area contributed by atoms with E-state index in [1.165, 1.54) is 56.3 Å². The lowest BCUT2D eigenvalue weighted by molar-refractivity contribution is 0.146. The van der Waals surface area contributed by atoms with Gasteiger partial charge in [-0.05, 0) is 55.1 Å². The highest BCUT2D eigenvalue weighted by atomic mass is 15.2. The third-order valence-corrected chi connectivity index (χ3v) is 5.12. The first-order valence-corrected chi connectivity index (χ1v) is 9.07. The van der Waals surface area contributed by atoms with E-state index in [1.54, 1.807) is 0 Å². The van der Waals surface area contributed by atoms with E-state index in [0.717, 1.165) is 5.92 Å².